The van der Waals surface area contributed by atoms with E-state index in [9.17, 15) is 4.79 Å². The Labute approximate surface area is 155 Å². The van der Waals surface area contributed by atoms with Gasteiger partial charge in [-0.1, -0.05) is 23.1 Å². The van der Waals surface area contributed by atoms with E-state index in [2.05, 4.69) is 15.2 Å². The minimum Gasteiger partial charge on any atom is -0.473 e. The van der Waals surface area contributed by atoms with Crippen LogP contribution in [0.5, 0.6) is 5.19 Å². The van der Waals surface area contributed by atoms with Gasteiger partial charge in [-0.15, -0.1) is 0 Å². The van der Waals surface area contributed by atoms with Crippen LogP contribution in [0, 0.1) is 5.92 Å². The van der Waals surface area contributed by atoms with Crippen LogP contribution in [-0.2, 0) is 0 Å². The number of carbonyl (C=O) groups excluding carboxylic acids is 1. The molecule has 7 heteroatoms. The van der Waals surface area contributed by atoms with Gasteiger partial charge in [0, 0.05) is 23.0 Å². The molecule has 0 spiro atoms. The van der Waals surface area contributed by atoms with Crippen molar-refractivity contribution in [2.75, 3.05) is 26.7 Å². The highest BCUT2D eigenvalue weighted by Crippen LogP contribution is 2.34. The highest BCUT2D eigenvalue weighted by Gasteiger charge is 2.34. The summed E-state index contributed by atoms with van der Waals surface area (Å²) in [6.45, 7) is 3.37. The molecule has 2 aromatic rings. The van der Waals surface area contributed by atoms with Crippen molar-refractivity contribution in [2.45, 2.75) is 28.0 Å². The van der Waals surface area contributed by atoms with Crippen LogP contribution in [-0.4, -0.2) is 48.6 Å². The summed E-state index contributed by atoms with van der Waals surface area (Å²) in [5, 5.41) is 3.90. The number of thiazole rings is 1. The lowest BCUT2D eigenvalue weighted by Gasteiger charge is -2.44. The van der Waals surface area contributed by atoms with Crippen molar-refractivity contribution < 1.29 is 9.53 Å². The number of aromatic nitrogens is 1. The number of fused-ring (bicyclic) bond motifs is 3. The second-order valence-electron chi connectivity index (χ2n) is 6.49. The first-order chi connectivity index (χ1) is 12.2. The smallest absolute Gasteiger partial charge is 0.273 e. The van der Waals surface area contributed by atoms with Gasteiger partial charge in [0.25, 0.3) is 11.1 Å². The fraction of sp³-hybridized carbons (Fsp3) is 0.444. The lowest BCUT2D eigenvalue weighted by atomic mass is 9.84. The lowest BCUT2D eigenvalue weighted by molar-refractivity contribution is 0.0620. The number of methoxy groups -OCH3 is 1. The monoisotopic (exact) mass is 375 g/mol. The number of amides is 1. The Morgan fingerprint density at radius 1 is 1.32 bits per heavy atom. The first kappa shape index (κ1) is 16.9. The van der Waals surface area contributed by atoms with Gasteiger partial charge in [0.1, 0.15) is 0 Å². The zero-order valence-electron chi connectivity index (χ0n) is 14.1. The van der Waals surface area contributed by atoms with Crippen molar-refractivity contribution in [3.05, 3.63) is 36.0 Å². The molecule has 0 radical (unpaired) electrons. The quantitative estimate of drug-likeness (QED) is 0.870. The van der Waals surface area contributed by atoms with E-state index in [1.165, 1.54) is 37.3 Å². The molecule has 3 aliphatic heterocycles. The fourth-order valence-corrected chi connectivity index (χ4v) is 5.30. The minimum absolute atomic E-state index is 0.0368. The molecule has 3 saturated heterocycles. The predicted molar refractivity (Wildman–Crippen MR) is 99.6 cm³/mol. The SMILES string of the molecule is COc1ncc(Sc2ccc(C(=O)N[C@H]3CN4CCC3CC4)cc2)s1. The lowest BCUT2D eigenvalue weighted by Crippen LogP contribution is -2.57. The summed E-state index contributed by atoms with van der Waals surface area (Å²) < 4.78 is 6.18. The number of rotatable bonds is 5. The number of ether oxygens (including phenoxy) is 1. The average molecular weight is 376 g/mol. The molecule has 132 valence electrons. The van der Waals surface area contributed by atoms with Crippen LogP contribution in [0.15, 0.2) is 39.6 Å². The van der Waals surface area contributed by atoms with Crippen molar-refractivity contribution in [3.8, 4) is 5.19 Å². The predicted octanol–water partition coefficient (Wildman–Crippen LogP) is 3.13. The van der Waals surface area contributed by atoms with Gasteiger partial charge in [0.15, 0.2) is 0 Å². The molecular formula is C18H21N3O2S2. The van der Waals surface area contributed by atoms with Gasteiger partial charge >= 0.3 is 0 Å². The van der Waals surface area contributed by atoms with Crippen molar-refractivity contribution in [1.82, 2.24) is 15.2 Å². The summed E-state index contributed by atoms with van der Waals surface area (Å²) in [7, 11) is 1.62. The maximum Gasteiger partial charge on any atom is 0.273 e. The van der Waals surface area contributed by atoms with Gasteiger partial charge < -0.3 is 15.0 Å². The maximum atomic E-state index is 12.5. The van der Waals surface area contributed by atoms with Gasteiger partial charge in [0.05, 0.1) is 17.5 Å². The standard InChI is InChI=1S/C18H21N3O2S2/c1-23-18-19-10-16(25-18)24-14-4-2-13(3-5-14)17(22)20-15-11-21-8-6-12(15)7-9-21/h2-5,10,12,15H,6-9,11H2,1H3,(H,20,22)/t15-/m0/s1. The molecular weight excluding hydrogens is 354 g/mol. The zero-order chi connectivity index (χ0) is 17.2. The third-order valence-electron chi connectivity index (χ3n) is 4.95. The third-order valence-corrected chi connectivity index (χ3v) is 7.01. The highest BCUT2D eigenvalue weighted by molar-refractivity contribution is 8.01. The molecule has 1 aromatic heterocycles. The third kappa shape index (κ3) is 3.83. The van der Waals surface area contributed by atoms with Crippen LogP contribution in [0.2, 0.25) is 0 Å². The summed E-state index contributed by atoms with van der Waals surface area (Å²) in [5.74, 6) is 0.680. The second-order valence-corrected chi connectivity index (χ2v) is 8.86. The Morgan fingerprint density at radius 2 is 2.08 bits per heavy atom. The first-order valence-corrected chi connectivity index (χ1v) is 10.2. The van der Waals surface area contributed by atoms with E-state index < -0.39 is 0 Å². The molecule has 1 amide bonds. The number of hydrogen-bond acceptors (Lipinski definition) is 6. The topological polar surface area (TPSA) is 54.5 Å². The van der Waals surface area contributed by atoms with E-state index in [0.29, 0.717) is 17.2 Å². The summed E-state index contributed by atoms with van der Waals surface area (Å²) in [4.78, 5) is 20.2. The van der Waals surface area contributed by atoms with Crippen molar-refractivity contribution in [3.63, 3.8) is 0 Å². The highest BCUT2D eigenvalue weighted by atomic mass is 32.2. The Hall–Kier alpha value is -1.57. The van der Waals surface area contributed by atoms with E-state index in [1.807, 2.05) is 30.5 Å². The van der Waals surface area contributed by atoms with E-state index >= 15 is 0 Å². The van der Waals surface area contributed by atoms with Crippen LogP contribution >= 0.6 is 23.1 Å². The van der Waals surface area contributed by atoms with Gasteiger partial charge in [-0.2, -0.15) is 0 Å². The van der Waals surface area contributed by atoms with Crippen LogP contribution in [0.25, 0.3) is 0 Å². The summed E-state index contributed by atoms with van der Waals surface area (Å²) in [6.07, 6.45) is 4.22. The molecule has 3 aliphatic rings. The van der Waals surface area contributed by atoms with Crippen LogP contribution < -0.4 is 10.1 Å². The van der Waals surface area contributed by atoms with Crippen molar-refractivity contribution in [1.29, 1.82) is 0 Å². The minimum atomic E-state index is 0.0368. The number of benzene rings is 1. The average Bonchev–Trinajstić information content (AvgIpc) is 3.11. The molecule has 0 saturated carbocycles. The normalized spacial score (nSPS) is 24.9. The van der Waals surface area contributed by atoms with Gasteiger partial charge in [-0.3, -0.25) is 4.79 Å². The molecule has 5 rings (SSSR count). The van der Waals surface area contributed by atoms with Gasteiger partial charge in [-0.25, -0.2) is 4.98 Å². The van der Waals surface area contributed by atoms with Gasteiger partial charge in [-0.05, 0) is 56.1 Å². The summed E-state index contributed by atoms with van der Waals surface area (Å²) >= 11 is 3.14. The number of carbonyl (C=O) groups is 1. The van der Waals surface area contributed by atoms with E-state index in [-0.39, 0.29) is 5.91 Å². The fourth-order valence-electron chi connectivity index (χ4n) is 3.56. The van der Waals surface area contributed by atoms with E-state index in [4.69, 9.17) is 4.74 Å². The summed E-state index contributed by atoms with van der Waals surface area (Å²) in [6, 6.07) is 8.08. The van der Waals surface area contributed by atoms with Gasteiger partial charge in [0.2, 0.25) is 0 Å². The molecule has 1 aromatic carbocycles. The maximum absolute atomic E-state index is 12.5. The zero-order valence-corrected chi connectivity index (χ0v) is 15.7. The molecule has 25 heavy (non-hydrogen) atoms. The number of piperidine rings is 3. The van der Waals surface area contributed by atoms with Crippen molar-refractivity contribution in [2.24, 2.45) is 5.92 Å². The molecule has 5 nitrogen and oxygen atoms in total. The summed E-state index contributed by atoms with van der Waals surface area (Å²) in [5.41, 5.74) is 0.725. The van der Waals surface area contributed by atoms with Crippen LogP contribution in [0.3, 0.4) is 0 Å². The number of hydrogen-bond donors (Lipinski definition) is 1. The first-order valence-electron chi connectivity index (χ1n) is 8.52. The number of nitrogens with zero attached hydrogens (tertiary/aromatic N) is 2. The molecule has 0 aliphatic carbocycles. The van der Waals surface area contributed by atoms with E-state index in [0.717, 1.165) is 21.2 Å². The Balaban J connectivity index is 1.37. The molecule has 2 bridgehead atoms. The molecule has 1 N–H and O–H groups in total. The molecule has 1 atom stereocenters. The largest absolute Gasteiger partial charge is 0.473 e. The second kappa shape index (κ2) is 7.35. The Bertz CT molecular complexity index is 739. The number of nitrogens with one attached hydrogen (secondary N) is 1. The van der Waals surface area contributed by atoms with Crippen LogP contribution in [0.4, 0.5) is 0 Å². The van der Waals surface area contributed by atoms with E-state index in [1.54, 1.807) is 18.9 Å². The Morgan fingerprint density at radius 3 is 2.68 bits per heavy atom. The van der Waals surface area contributed by atoms with Crippen molar-refractivity contribution >= 4 is 29.0 Å². The molecule has 3 fully saturated rings. The Kier molecular flexibility index (Phi) is 4.96. The van der Waals surface area contributed by atoms with Crippen LogP contribution in [0.1, 0.15) is 23.2 Å². The molecule has 4 heterocycles. The molecule has 0 unspecified atom stereocenters.